The molecule has 2 unspecified atom stereocenters. The summed E-state index contributed by atoms with van der Waals surface area (Å²) in [5.41, 5.74) is 31.5. The summed E-state index contributed by atoms with van der Waals surface area (Å²) in [7, 11) is 0. The summed E-state index contributed by atoms with van der Waals surface area (Å²) in [6, 6.07) is 83.3. The van der Waals surface area contributed by atoms with Crippen molar-refractivity contribution in [3.63, 3.8) is 0 Å². The number of nitrogens with zero attached hydrogens (tertiary/aromatic N) is 3. The molecular formula is C86H88BN3. The molecule has 2 aliphatic carbocycles. The van der Waals surface area contributed by atoms with E-state index in [0.717, 1.165) is 25.7 Å². The Hall–Kier alpha value is -8.34. The van der Waals surface area contributed by atoms with Gasteiger partial charge in [-0.1, -0.05) is 243 Å². The van der Waals surface area contributed by atoms with Crippen LogP contribution in [0, 0.1) is 0 Å². The third kappa shape index (κ3) is 8.80. The Kier molecular flexibility index (Phi) is 13.0. The SMILES string of the molecule is CC(C)(C)c1ccc(N2c3cc(N4c5ccc(-c6ccccc6)cc5C5(C)CCc6ccccc6C45C)ccc3B3c4cc5c(cc4N(c4ccc(C(C)(C)C)cc4-c4ccccc4)c4cc(C(C)(C)C)cc2c43)C(C)(C)CCC5(C)C)c(-c2ccccc2)c1. The summed E-state index contributed by atoms with van der Waals surface area (Å²) in [6.45, 7) is 36.4. The second kappa shape index (κ2) is 20.1. The summed E-state index contributed by atoms with van der Waals surface area (Å²) in [5.74, 6) is 0. The van der Waals surface area contributed by atoms with Gasteiger partial charge in [0.1, 0.15) is 0 Å². The lowest BCUT2D eigenvalue weighted by molar-refractivity contribution is 0.245. The number of hydrogen-bond donors (Lipinski definition) is 0. The van der Waals surface area contributed by atoms with Crippen molar-refractivity contribution in [2.45, 2.75) is 168 Å². The summed E-state index contributed by atoms with van der Waals surface area (Å²) in [4.78, 5) is 8.25. The Bertz CT molecular complexity index is 4530. The van der Waals surface area contributed by atoms with Gasteiger partial charge in [-0.15, -0.1) is 0 Å². The maximum Gasteiger partial charge on any atom is 0.252 e. The smallest absolute Gasteiger partial charge is 0.252 e. The molecule has 0 amide bonds. The lowest BCUT2D eigenvalue weighted by atomic mass is 9.33. The molecule has 0 fully saturated rings. The van der Waals surface area contributed by atoms with Gasteiger partial charge >= 0.3 is 0 Å². The summed E-state index contributed by atoms with van der Waals surface area (Å²) in [6.07, 6.45) is 4.35. The molecule has 0 spiro atoms. The zero-order valence-corrected chi connectivity index (χ0v) is 56.0. The van der Waals surface area contributed by atoms with E-state index in [2.05, 4.69) is 331 Å². The van der Waals surface area contributed by atoms with Crippen molar-refractivity contribution in [1.29, 1.82) is 0 Å². The zero-order valence-electron chi connectivity index (χ0n) is 56.0. The molecule has 5 aliphatic rings. The molecule has 0 saturated carbocycles. The van der Waals surface area contributed by atoms with Crippen molar-refractivity contribution in [1.82, 2.24) is 0 Å². The van der Waals surface area contributed by atoms with Crippen LogP contribution in [-0.2, 0) is 44.4 Å². The van der Waals surface area contributed by atoms with E-state index < -0.39 is 5.54 Å². The van der Waals surface area contributed by atoms with Crippen molar-refractivity contribution >= 4 is 68.6 Å². The van der Waals surface area contributed by atoms with Crippen LogP contribution in [0.1, 0.15) is 168 Å². The molecule has 15 rings (SSSR count). The van der Waals surface area contributed by atoms with Crippen LogP contribution in [0.25, 0.3) is 33.4 Å². The van der Waals surface area contributed by atoms with E-state index >= 15 is 0 Å². The third-order valence-electron chi connectivity index (χ3n) is 22.4. The van der Waals surface area contributed by atoms with Gasteiger partial charge in [-0.2, -0.15) is 0 Å². The van der Waals surface area contributed by atoms with Crippen LogP contribution in [0.2, 0.25) is 0 Å². The molecular weight excluding hydrogens is 1090 g/mol. The molecule has 4 heteroatoms. The van der Waals surface area contributed by atoms with E-state index in [1.165, 1.54) is 140 Å². The first kappa shape index (κ1) is 58.1. The molecule has 0 bridgehead atoms. The molecule has 10 aromatic rings. The van der Waals surface area contributed by atoms with Gasteiger partial charge in [0.2, 0.25) is 0 Å². The van der Waals surface area contributed by atoms with Crippen molar-refractivity contribution < 1.29 is 0 Å². The van der Waals surface area contributed by atoms with Gasteiger partial charge in [0, 0.05) is 50.7 Å². The Morgan fingerprint density at radius 2 is 0.833 bits per heavy atom. The first-order chi connectivity index (χ1) is 42.8. The number of hydrogen-bond acceptors (Lipinski definition) is 3. The predicted octanol–water partition coefficient (Wildman–Crippen LogP) is 21.3. The van der Waals surface area contributed by atoms with Crippen LogP contribution in [0.4, 0.5) is 45.5 Å². The topological polar surface area (TPSA) is 9.72 Å². The highest BCUT2D eigenvalue weighted by Gasteiger charge is 2.60. The minimum atomic E-state index is -0.421. The summed E-state index contributed by atoms with van der Waals surface area (Å²) < 4.78 is 0. The quantitative estimate of drug-likeness (QED) is 0.154. The molecule has 3 heterocycles. The standard InChI is InChI=1S/C86H88BN3/c1-80(2,3)60-36-41-72(64(48-60)56-29-21-17-22-30-56)88-75-52-63(90-74-40-35-59(55-27-19-16-20-28-55)47-69(74)85(14)44-43-58-33-25-26-34-66(58)86(85,90)15)38-39-70(75)87-71-53-67-68(84(12,13)46-45-83(67,10)11)54-76(71)89(78-51-62(82(7,8)9)50-77(88)79(78)87)73-42-37-61(81(4,5)6)49-65(73)57-31-23-18-24-32-57/h16-42,47-54H,43-46H2,1-15H3. The van der Waals surface area contributed by atoms with E-state index in [1.54, 1.807) is 0 Å². The van der Waals surface area contributed by atoms with Crippen LogP contribution in [-0.4, -0.2) is 6.71 Å². The number of anilines is 8. The number of fused-ring (bicyclic) bond motifs is 10. The van der Waals surface area contributed by atoms with Gasteiger partial charge < -0.3 is 14.7 Å². The molecule has 0 N–H and O–H groups in total. The van der Waals surface area contributed by atoms with Gasteiger partial charge in [0.25, 0.3) is 6.71 Å². The third-order valence-corrected chi connectivity index (χ3v) is 22.4. The number of rotatable bonds is 6. The highest BCUT2D eigenvalue weighted by Crippen LogP contribution is 2.65. The monoisotopic (exact) mass is 1170 g/mol. The lowest BCUT2D eigenvalue weighted by Gasteiger charge is -2.51. The minimum Gasteiger partial charge on any atom is -0.330 e. The van der Waals surface area contributed by atoms with E-state index in [-0.39, 0.29) is 39.2 Å². The average molecular weight is 1170 g/mol. The second-order valence-electron chi connectivity index (χ2n) is 31.9. The van der Waals surface area contributed by atoms with E-state index in [1.807, 2.05) is 0 Å². The fraction of sp³-hybridized carbons (Fsp3) is 0.302. The van der Waals surface area contributed by atoms with Crippen molar-refractivity contribution in [3.05, 3.63) is 257 Å². The van der Waals surface area contributed by atoms with Gasteiger partial charge in [-0.25, -0.2) is 0 Å². The van der Waals surface area contributed by atoms with E-state index in [0.29, 0.717) is 0 Å². The van der Waals surface area contributed by atoms with Crippen LogP contribution >= 0.6 is 0 Å². The van der Waals surface area contributed by atoms with Crippen LogP contribution in [0.3, 0.4) is 0 Å². The Labute approximate surface area is 538 Å². The maximum atomic E-state index is 2.78. The Morgan fingerprint density at radius 3 is 1.38 bits per heavy atom. The maximum absolute atomic E-state index is 2.78. The largest absolute Gasteiger partial charge is 0.330 e. The lowest BCUT2D eigenvalue weighted by Crippen LogP contribution is -2.62. The fourth-order valence-corrected chi connectivity index (χ4v) is 16.7. The van der Waals surface area contributed by atoms with Crippen molar-refractivity contribution in [3.8, 4) is 33.4 Å². The minimum absolute atomic E-state index is 0.0256. The van der Waals surface area contributed by atoms with Crippen LogP contribution < -0.4 is 31.1 Å². The number of benzene rings is 10. The molecule has 0 aromatic heterocycles. The molecule has 0 radical (unpaired) electrons. The molecule has 10 aromatic carbocycles. The summed E-state index contributed by atoms with van der Waals surface area (Å²) >= 11 is 0. The van der Waals surface area contributed by atoms with Crippen LogP contribution in [0.5, 0.6) is 0 Å². The normalized spacial score (nSPS) is 19.3. The molecule has 0 saturated heterocycles. The fourth-order valence-electron chi connectivity index (χ4n) is 16.7. The molecule has 2 atom stereocenters. The van der Waals surface area contributed by atoms with Crippen molar-refractivity contribution in [2.75, 3.05) is 14.7 Å². The number of aryl methyl sites for hydroxylation is 1. The van der Waals surface area contributed by atoms with E-state index in [9.17, 15) is 0 Å². The second-order valence-corrected chi connectivity index (χ2v) is 31.9. The Morgan fingerprint density at radius 1 is 0.344 bits per heavy atom. The highest BCUT2D eigenvalue weighted by molar-refractivity contribution is 7.00. The molecule has 3 aliphatic heterocycles. The predicted molar refractivity (Wildman–Crippen MR) is 386 cm³/mol. The van der Waals surface area contributed by atoms with Crippen LogP contribution in [0.15, 0.2) is 212 Å². The Balaban J connectivity index is 1.08. The molecule has 3 nitrogen and oxygen atoms in total. The molecule has 90 heavy (non-hydrogen) atoms. The average Bonchev–Trinajstić information content (AvgIpc) is 1.22. The first-order valence-electron chi connectivity index (χ1n) is 33.4. The van der Waals surface area contributed by atoms with Gasteiger partial charge in [-0.05, 0) is 210 Å². The zero-order chi connectivity index (χ0) is 62.8. The molecule has 450 valence electrons. The first-order valence-corrected chi connectivity index (χ1v) is 33.4. The van der Waals surface area contributed by atoms with Crippen molar-refractivity contribution in [2.24, 2.45) is 0 Å². The van der Waals surface area contributed by atoms with Gasteiger partial charge in [0.15, 0.2) is 0 Å². The van der Waals surface area contributed by atoms with E-state index in [4.69, 9.17) is 0 Å². The highest BCUT2D eigenvalue weighted by atomic mass is 15.3. The summed E-state index contributed by atoms with van der Waals surface area (Å²) in [5, 5.41) is 0. The van der Waals surface area contributed by atoms with Gasteiger partial charge in [-0.3, -0.25) is 0 Å². The van der Waals surface area contributed by atoms with Gasteiger partial charge in [0.05, 0.1) is 16.9 Å².